The van der Waals surface area contributed by atoms with Gasteiger partial charge in [-0.05, 0) is 24.2 Å². The Kier molecular flexibility index (Phi) is 5.44. The summed E-state index contributed by atoms with van der Waals surface area (Å²) in [7, 11) is 0. The van der Waals surface area contributed by atoms with E-state index in [1.807, 2.05) is 11.8 Å². The molecule has 0 spiro atoms. The molecule has 104 valence electrons. The molecular formula is C13H24N2O3. The summed E-state index contributed by atoms with van der Waals surface area (Å²) in [5.41, 5.74) is 0. The molecule has 1 aliphatic heterocycles. The summed E-state index contributed by atoms with van der Waals surface area (Å²) in [6.45, 7) is 8.46. The van der Waals surface area contributed by atoms with Crippen LogP contribution in [0.15, 0.2) is 0 Å². The summed E-state index contributed by atoms with van der Waals surface area (Å²) in [6, 6.07) is -0.0200. The Bertz CT molecular complexity index is 297. The average molecular weight is 256 g/mol. The van der Waals surface area contributed by atoms with Gasteiger partial charge in [-0.1, -0.05) is 20.8 Å². The number of nitrogens with one attached hydrogen (secondary N) is 1. The van der Waals surface area contributed by atoms with Crippen molar-refractivity contribution in [3.8, 4) is 0 Å². The van der Waals surface area contributed by atoms with Gasteiger partial charge in [0, 0.05) is 26.1 Å². The first-order valence-corrected chi connectivity index (χ1v) is 6.64. The number of carboxylic acid groups (broad SMARTS) is 1. The van der Waals surface area contributed by atoms with Crippen molar-refractivity contribution >= 4 is 12.0 Å². The van der Waals surface area contributed by atoms with E-state index in [9.17, 15) is 9.59 Å². The van der Waals surface area contributed by atoms with E-state index in [0.717, 1.165) is 13.1 Å². The molecule has 0 aromatic rings. The third-order valence-electron chi connectivity index (χ3n) is 3.73. The van der Waals surface area contributed by atoms with Crippen LogP contribution in [0.3, 0.4) is 0 Å². The molecule has 0 aromatic carbocycles. The Morgan fingerprint density at radius 3 is 2.39 bits per heavy atom. The number of carbonyl (C=O) groups excluding carboxylic acids is 1. The van der Waals surface area contributed by atoms with Crippen molar-refractivity contribution in [3.05, 3.63) is 0 Å². The zero-order chi connectivity index (χ0) is 13.7. The molecule has 0 saturated carbocycles. The van der Waals surface area contributed by atoms with Gasteiger partial charge >= 0.3 is 12.0 Å². The minimum absolute atomic E-state index is 0.0200. The van der Waals surface area contributed by atoms with Crippen molar-refractivity contribution in [2.75, 3.05) is 19.6 Å². The predicted molar refractivity (Wildman–Crippen MR) is 69.3 cm³/mol. The van der Waals surface area contributed by atoms with Crippen LogP contribution in [0, 0.1) is 17.8 Å². The van der Waals surface area contributed by atoms with Crippen LogP contribution in [0.25, 0.3) is 0 Å². The molecule has 1 aliphatic rings. The van der Waals surface area contributed by atoms with E-state index in [0.29, 0.717) is 24.8 Å². The van der Waals surface area contributed by atoms with Crippen LogP contribution >= 0.6 is 0 Å². The number of hydrogen-bond donors (Lipinski definition) is 2. The van der Waals surface area contributed by atoms with E-state index in [1.165, 1.54) is 0 Å². The fourth-order valence-electron chi connectivity index (χ4n) is 2.14. The highest BCUT2D eigenvalue weighted by molar-refractivity contribution is 5.74. The molecule has 3 unspecified atom stereocenters. The number of aliphatic carboxylic acids is 1. The smallest absolute Gasteiger partial charge is 0.317 e. The van der Waals surface area contributed by atoms with Crippen LogP contribution < -0.4 is 5.32 Å². The van der Waals surface area contributed by atoms with Gasteiger partial charge in [0.05, 0.1) is 0 Å². The fourth-order valence-corrected chi connectivity index (χ4v) is 2.14. The molecule has 5 nitrogen and oxygen atoms in total. The van der Waals surface area contributed by atoms with Gasteiger partial charge in [0.25, 0.3) is 0 Å². The van der Waals surface area contributed by atoms with E-state index >= 15 is 0 Å². The van der Waals surface area contributed by atoms with Gasteiger partial charge in [-0.25, -0.2) is 4.79 Å². The van der Waals surface area contributed by atoms with E-state index in [2.05, 4.69) is 19.2 Å². The zero-order valence-electron chi connectivity index (χ0n) is 11.5. The molecule has 1 fully saturated rings. The highest BCUT2D eigenvalue weighted by atomic mass is 16.4. The Balaban J connectivity index is 2.23. The second kappa shape index (κ2) is 6.61. The number of urea groups is 1. The second-order valence-corrected chi connectivity index (χ2v) is 5.58. The SMILES string of the molecule is CC(CCC(=O)O)CNC(=O)N1CC(C)C(C)C1. The van der Waals surface area contributed by atoms with Crippen LogP contribution in [0.4, 0.5) is 4.79 Å². The largest absolute Gasteiger partial charge is 0.481 e. The lowest BCUT2D eigenvalue weighted by atomic mass is 10.0. The third-order valence-corrected chi connectivity index (χ3v) is 3.73. The number of carbonyl (C=O) groups is 2. The van der Waals surface area contributed by atoms with Gasteiger partial charge in [0.15, 0.2) is 0 Å². The van der Waals surface area contributed by atoms with Crippen molar-refractivity contribution < 1.29 is 14.7 Å². The maximum Gasteiger partial charge on any atom is 0.317 e. The number of nitrogens with zero attached hydrogens (tertiary/aromatic N) is 1. The Hall–Kier alpha value is -1.26. The lowest BCUT2D eigenvalue weighted by Crippen LogP contribution is -2.40. The first kappa shape index (κ1) is 14.8. The molecule has 2 N–H and O–H groups in total. The van der Waals surface area contributed by atoms with Crippen LogP contribution in [0.1, 0.15) is 33.6 Å². The first-order chi connectivity index (χ1) is 8.40. The molecule has 1 saturated heterocycles. The molecule has 5 heteroatoms. The third kappa shape index (κ3) is 4.55. The maximum atomic E-state index is 11.9. The molecule has 2 amide bonds. The van der Waals surface area contributed by atoms with Crippen LogP contribution in [-0.4, -0.2) is 41.6 Å². The summed E-state index contributed by atoms with van der Waals surface area (Å²) in [4.78, 5) is 24.2. The Morgan fingerprint density at radius 1 is 1.33 bits per heavy atom. The quantitative estimate of drug-likeness (QED) is 0.787. The van der Waals surface area contributed by atoms with Gasteiger partial charge in [-0.2, -0.15) is 0 Å². The number of rotatable bonds is 5. The van der Waals surface area contributed by atoms with Crippen LogP contribution in [0.2, 0.25) is 0 Å². The van der Waals surface area contributed by atoms with E-state index < -0.39 is 5.97 Å². The van der Waals surface area contributed by atoms with Gasteiger partial charge in [0.2, 0.25) is 0 Å². The summed E-state index contributed by atoms with van der Waals surface area (Å²) in [6.07, 6.45) is 0.761. The van der Waals surface area contributed by atoms with Crippen molar-refractivity contribution in [1.82, 2.24) is 10.2 Å². The minimum Gasteiger partial charge on any atom is -0.481 e. The van der Waals surface area contributed by atoms with E-state index in [1.54, 1.807) is 0 Å². The van der Waals surface area contributed by atoms with Gasteiger partial charge in [0.1, 0.15) is 0 Å². The van der Waals surface area contributed by atoms with Crippen molar-refractivity contribution in [2.24, 2.45) is 17.8 Å². The monoisotopic (exact) mass is 256 g/mol. The van der Waals surface area contributed by atoms with E-state index in [-0.39, 0.29) is 18.4 Å². The van der Waals surface area contributed by atoms with Crippen molar-refractivity contribution in [2.45, 2.75) is 33.6 Å². The lowest BCUT2D eigenvalue weighted by Gasteiger charge is -2.19. The summed E-state index contributed by atoms with van der Waals surface area (Å²) >= 11 is 0. The molecule has 0 radical (unpaired) electrons. The van der Waals surface area contributed by atoms with Crippen LogP contribution in [0.5, 0.6) is 0 Å². The topological polar surface area (TPSA) is 69.6 Å². The van der Waals surface area contributed by atoms with Crippen LogP contribution in [-0.2, 0) is 4.79 Å². The highest BCUT2D eigenvalue weighted by Gasteiger charge is 2.29. The molecular weight excluding hydrogens is 232 g/mol. The molecule has 18 heavy (non-hydrogen) atoms. The van der Waals surface area contributed by atoms with Gasteiger partial charge in [-0.15, -0.1) is 0 Å². The van der Waals surface area contributed by atoms with Crippen molar-refractivity contribution in [1.29, 1.82) is 0 Å². The number of amides is 2. The molecule has 1 heterocycles. The van der Waals surface area contributed by atoms with Crippen molar-refractivity contribution in [3.63, 3.8) is 0 Å². The fraction of sp³-hybridized carbons (Fsp3) is 0.846. The first-order valence-electron chi connectivity index (χ1n) is 6.64. The zero-order valence-corrected chi connectivity index (χ0v) is 11.5. The molecule has 1 rings (SSSR count). The molecule has 0 bridgehead atoms. The van der Waals surface area contributed by atoms with E-state index in [4.69, 9.17) is 5.11 Å². The van der Waals surface area contributed by atoms with Gasteiger partial charge < -0.3 is 15.3 Å². The maximum absolute atomic E-state index is 11.9. The highest BCUT2D eigenvalue weighted by Crippen LogP contribution is 2.21. The number of likely N-dealkylation sites (tertiary alicyclic amines) is 1. The summed E-state index contributed by atoms with van der Waals surface area (Å²) in [5, 5.41) is 11.5. The number of hydrogen-bond acceptors (Lipinski definition) is 2. The number of carboxylic acids is 1. The Labute approximate surface area is 109 Å². The summed E-state index contributed by atoms with van der Waals surface area (Å²) in [5.74, 6) is 0.526. The lowest BCUT2D eigenvalue weighted by molar-refractivity contribution is -0.137. The minimum atomic E-state index is -0.782. The molecule has 3 atom stereocenters. The predicted octanol–water partition coefficient (Wildman–Crippen LogP) is 1.78. The van der Waals surface area contributed by atoms with Gasteiger partial charge in [-0.3, -0.25) is 4.79 Å². The normalized spacial score (nSPS) is 24.9. The Morgan fingerprint density at radius 2 is 1.89 bits per heavy atom. The average Bonchev–Trinajstić information content (AvgIpc) is 2.64. The second-order valence-electron chi connectivity index (χ2n) is 5.58. The molecule has 0 aliphatic carbocycles. The molecule has 0 aromatic heterocycles. The summed E-state index contributed by atoms with van der Waals surface area (Å²) < 4.78 is 0. The standard InChI is InChI=1S/C13H24N2O3/c1-9(4-5-12(16)17)6-14-13(18)15-7-10(2)11(3)8-15/h9-11H,4-8H2,1-3H3,(H,14,18)(H,16,17).